The van der Waals surface area contributed by atoms with Crippen LogP contribution in [0.25, 0.3) is 0 Å². The van der Waals surface area contributed by atoms with Crippen molar-refractivity contribution < 1.29 is 4.39 Å². The van der Waals surface area contributed by atoms with E-state index in [1.165, 1.54) is 14.0 Å². The molecule has 0 saturated carbocycles. The number of hydrogen-bond donors (Lipinski definition) is 0. The van der Waals surface area contributed by atoms with Crippen molar-refractivity contribution in [2.24, 2.45) is 0 Å². The molecule has 0 spiro atoms. The van der Waals surface area contributed by atoms with Crippen LogP contribution < -0.4 is 14.0 Å². The van der Waals surface area contributed by atoms with Crippen molar-refractivity contribution in [2.75, 3.05) is 0 Å². The molecule has 0 bridgehead atoms. The first-order valence-electron chi connectivity index (χ1n) is 10.9. The third-order valence-corrected chi connectivity index (χ3v) is 32.2. The maximum atomic E-state index is 13.9. The van der Waals surface area contributed by atoms with Crippen LogP contribution in [0, 0.1) is 5.82 Å². The van der Waals surface area contributed by atoms with Gasteiger partial charge in [-0.05, 0) is 0 Å². The average Bonchev–Trinajstić information content (AvgIpc) is 2.91. The van der Waals surface area contributed by atoms with Gasteiger partial charge in [-0.1, -0.05) is 0 Å². The van der Waals surface area contributed by atoms with Gasteiger partial charge in [-0.15, -0.1) is 0 Å². The standard InChI is InChI=1S/C6H5FS.4C6H5.Sb/c7-5-1-3-6(8)4-2-5;4*1-2-4-6-5-3-1;/h1-4,8H;4*1-5H;/q;;;;;+1/p-1. The molecule has 0 N–H and O–H groups in total. The van der Waals surface area contributed by atoms with Crippen molar-refractivity contribution in [2.45, 2.75) is 4.90 Å². The van der Waals surface area contributed by atoms with Gasteiger partial charge in [-0.3, -0.25) is 0 Å². The van der Waals surface area contributed by atoms with Crippen molar-refractivity contribution in [3.63, 3.8) is 0 Å². The predicted octanol–water partition coefficient (Wildman–Crippen LogP) is 5.45. The van der Waals surface area contributed by atoms with Crippen LogP contribution in [-0.2, 0) is 0 Å². The molecular weight excluding hydrogens is 533 g/mol. The molecule has 0 aromatic heterocycles. The van der Waals surface area contributed by atoms with Gasteiger partial charge in [-0.25, -0.2) is 0 Å². The van der Waals surface area contributed by atoms with Gasteiger partial charge in [0.15, 0.2) is 0 Å². The van der Waals surface area contributed by atoms with Crippen molar-refractivity contribution >= 4 is 38.9 Å². The zero-order chi connectivity index (χ0) is 22.6. The summed E-state index contributed by atoms with van der Waals surface area (Å²) in [5.41, 5.74) is 0. The Labute approximate surface area is 198 Å². The molecule has 5 aromatic carbocycles. The fourth-order valence-electron chi connectivity index (χ4n) is 4.66. The van der Waals surface area contributed by atoms with Crippen LogP contribution in [0.2, 0.25) is 0 Å². The molecule has 0 saturated heterocycles. The minimum absolute atomic E-state index is 0.216. The van der Waals surface area contributed by atoms with Crippen LogP contribution in [0.1, 0.15) is 0 Å². The van der Waals surface area contributed by atoms with Gasteiger partial charge in [0.2, 0.25) is 0 Å². The Kier molecular flexibility index (Phi) is 6.15. The summed E-state index contributed by atoms with van der Waals surface area (Å²) in [5.74, 6) is -0.216. The molecule has 0 aliphatic heterocycles. The third kappa shape index (κ3) is 3.62. The van der Waals surface area contributed by atoms with E-state index in [9.17, 15) is 4.39 Å². The molecule has 0 unspecified atom stereocenters. The van der Waals surface area contributed by atoms with E-state index in [1.807, 2.05) is 21.0 Å². The van der Waals surface area contributed by atoms with Crippen molar-refractivity contribution in [3.05, 3.63) is 151 Å². The second-order valence-corrected chi connectivity index (χ2v) is 26.8. The van der Waals surface area contributed by atoms with Gasteiger partial charge in [-0.2, -0.15) is 0 Å². The molecule has 5 rings (SSSR count). The van der Waals surface area contributed by atoms with Gasteiger partial charge in [0.25, 0.3) is 0 Å². The van der Waals surface area contributed by atoms with Crippen molar-refractivity contribution in [1.29, 1.82) is 0 Å². The molecule has 0 aliphatic rings. The SMILES string of the molecule is Fc1ccc([S][Sb]([c]2ccccc2)([c]2ccccc2)([c]2ccccc2)[c]2ccccc2)cc1. The van der Waals surface area contributed by atoms with Crippen LogP contribution in [0.15, 0.2) is 150 Å². The summed E-state index contributed by atoms with van der Waals surface area (Å²) in [7, 11) is 1.94. The zero-order valence-electron chi connectivity index (χ0n) is 18.1. The van der Waals surface area contributed by atoms with E-state index in [4.69, 9.17) is 0 Å². The minimum atomic E-state index is -4.53. The molecule has 0 aliphatic carbocycles. The van der Waals surface area contributed by atoms with Crippen LogP contribution in [-0.4, -0.2) is 16.0 Å². The summed E-state index contributed by atoms with van der Waals surface area (Å²) in [5, 5.41) is 0. The van der Waals surface area contributed by atoms with Gasteiger partial charge in [0, 0.05) is 0 Å². The quantitative estimate of drug-likeness (QED) is 0.251. The van der Waals surface area contributed by atoms with E-state index >= 15 is 0 Å². The Morgan fingerprint density at radius 2 is 0.697 bits per heavy atom. The van der Waals surface area contributed by atoms with Gasteiger partial charge in [0.05, 0.1) is 0 Å². The summed E-state index contributed by atoms with van der Waals surface area (Å²) in [6.07, 6.45) is 0. The first kappa shape index (κ1) is 22.0. The molecule has 0 amide bonds. The maximum absolute atomic E-state index is 13.9. The monoisotopic (exact) mass is 556 g/mol. The van der Waals surface area contributed by atoms with E-state index in [1.54, 1.807) is 12.1 Å². The number of rotatable bonds is 6. The van der Waals surface area contributed by atoms with E-state index < -0.39 is 16.0 Å². The van der Waals surface area contributed by atoms with Crippen LogP contribution in [0.3, 0.4) is 0 Å². The van der Waals surface area contributed by atoms with Crippen LogP contribution >= 0.6 is 8.85 Å². The molecule has 33 heavy (non-hydrogen) atoms. The first-order chi connectivity index (χ1) is 16.2. The number of hydrogen-bond acceptors (Lipinski definition) is 1. The molecule has 3 heteroatoms. The van der Waals surface area contributed by atoms with Gasteiger partial charge < -0.3 is 0 Å². The second-order valence-electron chi connectivity index (χ2n) is 7.92. The Balaban J connectivity index is 2.01. The molecule has 5 aromatic rings. The van der Waals surface area contributed by atoms with E-state index in [-0.39, 0.29) is 5.82 Å². The zero-order valence-corrected chi connectivity index (χ0v) is 21.5. The van der Waals surface area contributed by atoms with Crippen LogP contribution in [0.5, 0.6) is 0 Å². The van der Waals surface area contributed by atoms with Crippen molar-refractivity contribution in [1.82, 2.24) is 0 Å². The Hall–Kier alpha value is -2.80. The summed E-state index contributed by atoms with van der Waals surface area (Å²) in [6, 6.07) is 50.7. The fourth-order valence-corrected chi connectivity index (χ4v) is 30.9. The van der Waals surface area contributed by atoms with E-state index in [2.05, 4.69) is 121 Å². The molecule has 0 nitrogen and oxygen atoms in total. The normalized spacial score (nSPS) is 12.6. The second kappa shape index (κ2) is 9.21. The Morgan fingerprint density at radius 3 is 1.00 bits per heavy atom. The molecule has 0 radical (unpaired) electrons. The van der Waals surface area contributed by atoms with E-state index in [0.717, 1.165) is 4.90 Å². The summed E-state index contributed by atoms with van der Waals surface area (Å²) >= 11 is -4.53. The predicted molar refractivity (Wildman–Crippen MR) is 142 cm³/mol. The first-order valence-corrected chi connectivity index (χ1v) is 19.9. The third-order valence-electron chi connectivity index (χ3n) is 6.10. The number of halogens is 1. The number of benzene rings is 5. The Morgan fingerprint density at radius 1 is 0.394 bits per heavy atom. The van der Waals surface area contributed by atoms with E-state index in [0.29, 0.717) is 0 Å². The van der Waals surface area contributed by atoms with Crippen molar-refractivity contribution in [3.8, 4) is 0 Å². The van der Waals surface area contributed by atoms with Crippen LogP contribution in [0.4, 0.5) is 4.39 Å². The summed E-state index contributed by atoms with van der Waals surface area (Å²) < 4.78 is 19.3. The molecule has 0 atom stereocenters. The molecular formula is C30H24FSSb. The average molecular weight is 557 g/mol. The fraction of sp³-hybridized carbons (Fsp3) is 0. The topological polar surface area (TPSA) is 0 Å². The van der Waals surface area contributed by atoms with Gasteiger partial charge in [0.1, 0.15) is 0 Å². The summed E-state index contributed by atoms with van der Waals surface area (Å²) in [4.78, 5) is 1.07. The summed E-state index contributed by atoms with van der Waals surface area (Å²) in [6.45, 7) is 0. The molecule has 0 heterocycles. The Bertz CT molecular complexity index is 1150. The molecule has 0 fully saturated rings. The molecule has 162 valence electrons. The van der Waals surface area contributed by atoms with Gasteiger partial charge >= 0.3 is 200 Å².